The molecule has 2 aliphatic rings. The van der Waals surface area contributed by atoms with Crippen LogP contribution in [0.2, 0.25) is 0 Å². The summed E-state index contributed by atoms with van der Waals surface area (Å²) < 4.78 is 33.7. The van der Waals surface area contributed by atoms with Gasteiger partial charge < -0.3 is 9.64 Å². The predicted molar refractivity (Wildman–Crippen MR) is 95.3 cm³/mol. The topological polar surface area (TPSA) is 53.1 Å². The minimum atomic E-state index is -3.35. The quantitative estimate of drug-likeness (QED) is 0.808. The summed E-state index contributed by atoms with van der Waals surface area (Å²) in [5.41, 5.74) is 2.18. The van der Waals surface area contributed by atoms with Crippen LogP contribution < -0.4 is 4.90 Å². The Kier molecular flexibility index (Phi) is 5.76. The van der Waals surface area contributed by atoms with Crippen LogP contribution in [-0.2, 0) is 21.5 Å². The average Bonchev–Trinajstić information content (AvgIpc) is 2.64. The Morgan fingerprint density at radius 1 is 1.00 bits per heavy atom. The SMILES string of the molecule is CN(Cc1ccc(N2CCOCC2)cc1)S(=O)(=O)N1CCCCC1. The van der Waals surface area contributed by atoms with Gasteiger partial charge in [0.15, 0.2) is 0 Å². The second-order valence-corrected chi connectivity index (χ2v) is 8.52. The summed E-state index contributed by atoms with van der Waals surface area (Å²) in [6.07, 6.45) is 3.04. The fourth-order valence-electron chi connectivity index (χ4n) is 3.27. The molecule has 7 heteroatoms. The van der Waals surface area contributed by atoms with Gasteiger partial charge in [0, 0.05) is 45.5 Å². The van der Waals surface area contributed by atoms with Gasteiger partial charge in [-0.15, -0.1) is 0 Å². The Balaban J connectivity index is 1.62. The van der Waals surface area contributed by atoms with E-state index in [1.54, 1.807) is 11.4 Å². The van der Waals surface area contributed by atoms with Gasteiger partial charge in [-0.05, 0) is 30.5 Å². The van der Waals surface area contributed by atoms with Crippen molar-refractivity contribution in [3.05, 3.63) is 29.8 Å². The van der Waals surface area contributed by atoms with E-state index in [1.165, 1.54) is 9.99 Å². The zero-order valence-electron chi connectivity index (χ0n) is 14.4. The summed E-state index contributed by atoms with van der Waals surface area (Å²) in [6.45, 7) is 5.02. The van der Waals surface area contributed by atoms with Gasteiger partial charge in [0.25, 0.3) is 10.2 Å². The lowest BCUT2D eigenvalue weighted by molar-refractivity contribution is 0.122. The van der Waals surface area contributed by atoms with E-state index in [9.17, 15) is 8.42 Å². The van der Waals surface area contributed by atoms with E-state index >= 15 is 0 Å². The highest BCUT2D eigenvalue weighted by Crippen LogP contribution is 2.20. The zero-order valence-corrected chi connectivity index (χ0v) is 15.2. The number of ether oxygens (including phenoxy) is 1. The molecule has 2 heterocycles. The van der Waals surface area contributed by atoms with Crippen LogP contribution in [0.3, 0.4) is 0 Å². The van der Waals surface area contributed by atoms with E-state index in [4.69, 9.17) is 4.74 Å². The molecule has 0 spiro atoms. The van der Waals surface area contributed by atoms with Gasteiger partial charge in [-0.3, -0.25) is 0 Å². The van der Waals surface area contributed by atoms with Crippen molar-refractivity contribution < 1.29 is 13.2 Å². The number of morpholine rings is 1. The van der Waals surface area contributed by atoms with E-state index < -0.39 is 10.2 Å². The van der Waals surface area contributed by atoms with Crippen molar-refractivity contribution in [3.63, 3.8) is 0 Å². The molecule has 0 atom stereocenters. The van der Waals surface area contributed by atoms with Crippen LogP contribution >= 0.6 is 0 Å². The Morgan fingerprint density at radius 3 is 2.25 bits per heavy atom. The molecular formula is C17H27N3O3S. The normalized spacial score (nSPS) is 20.5. The van der Waals surface area contributed by atoms with Gasteiger partial charge in [0.05, 0.1) is 13.2 Å². The molecule has 24 heavy (non-hydrogen) atoms. The second kappa shape index (κ2) is 7.82. The molecule has 0 amide bonds. The molecule has 2 fully saturated rings. The van der Waals surface area contributed by atoms with Crippen LogP contribution in [0.4, 0.5) is 5.69 Å². The van der Waals surface area contributed by atoms with Crippen molar-refractivity contribution in [2.75, 3.05) is 51.3 Å². The van der Waals surface area contributed by atoms with Crippen molar-refractivity contribution >= 4 is 15.9 Å². The summed E-state index contributed by atoms with van der Waals surface area (Å²) in [5, 5.41) is 0. The van der Waals surface area contributed by atoms with E-state index in [1.807, 2.05) is 12.1 Å². The highest BCUT2D eigenvalue weighted by atomic mass is 32.2. The summed E-state index contributed by atoms with van der Waals surface area (Å²) in [4.78, 5) is 2.29. The minimum Gasteiger partial charge on any atom is -0.378 e. The summed E-state index contributed by atoms with van der Waals surface area (Å²) >= 11 is 0. The van der Waals surface area contributed by atoms with Crippen LogP contribution in [0.1, 0.15) is 24.8 Å². The maximum absolute atomic E-state index is 12.6. The molecule has 0 bridgehead atoms. The number of piperidine rings is 1. The van der Waals surface area contributed by atoms with Crippen molar-refractivity contribution in [2.45, 2.75) is 25.8 Å². The predicted octanol–water partition coefficient (Wildman–Crippen LogP) is 1.69. The van der Waals surface area contributed by atoms with E-state index in [0.29, 0.717) is 19.6 Å². The highest BCUT2D eigenvalue weighted by molar-refractivity contribution is 7.86. The third kappa shape index (κ3) is 4.08. The molecule has 0 aliphatic carbocycles. The van der Waals surface area contributed by atoms with Crippen LogP contribution in [0.5, 0.6) is 0 Å². The molecule has 2 saturated heterocycles. The summed E-state index contributed by atoms with van der Waals surface area (Å²) in [7, 11) is -1.68. The molecule has 6 nitrogen and oxygen atoms in total. The fraction of sp³-hybridized carbons (Fsp3) is 0.647. The number of hydrogen-bond donors (Lipinski definition) is 0. The van der Waals surface area contributed by atoms with Crippen LogP contribution in [0.15, 0.2) is 24.3 Å². The van der Waals surface area contributed by atoms with Gasteiger partial charge >= 0.3 is 0 Å². The first kappa shape index (κ1) is 17.7. The van der Waals surface area contributed by atoms with Crippen LogP contribution in [-0.4, -0.2) is 63.5 Å². The van der Waals surface area contributed by atoms with Crippen LogP contribution in [0.25, 0.3) is 0 Å². The van der Waals surface area contributed by atoms with E-state index in [0.717, 1.165) is 51.1 Å². The molecule has 0 saturated carbocycles. The van der Waals surface area contributed by atoms with Gasteiger partial charge in [-0.25, -0.2) is 0 Å². The lowest BCUT2D eigenvalue weighted by Gasteiger charge is -2.30. The zero-order chi connectivity index (χ0) is 17.0. The number of anilines is 1. The first-order chi connectivity index (χ1) is 11.6. The molecule has 2 aliphatic heterocycles. The molecule has 0 radical (unpaired) electrons. The van der Waals surface area contributed by atoms with E-state index in [2.05, 4.69) is 17.0 Å². The lowest BCUT2D eigenvalue weighted by atomic mass is 10.2. The molecular weight excluding hydrogens is 326 g/mol. The number of rotatable bonds is 5. The van der Waals surface area contributed by atoms with Crippen molar-refractivity contribution in [1.82, 2.24) is 8.61 Å². The molecule has 0 N–H and O–H groups in total. The van der Waals surface area contributed by atoms with Gasteiger partial charge in [0.1, 0.15) is 0 Å². The van der Waals surface area contributed by atoms with Gasteiger partial charge in [-0.2, -0.15) is 17.0 Å². The Labute approximate surface area is 145 Å². The van der Waals surface area contributed by atoms with Gasteiger partial charge in [0.2, 0.25) is 0 Å². The Morgan fingerprint density at radius 2 is 1.62 bits per heavy atom. The first-order valence-electron chi connectivity index (χ1n) is 8.70. The average molecular weight is 353 g/mol. The number of nitrogens with zero attached hydrogens (tertiary/aromatic N) is 3. The number of hydrogen-bond acceptors (Lipinski definition) is 4. The Bertz CT molecular complexity index is 621. The van der Waals surface area contributed by atoms with Gasteiger partial charge in [-0.1, -0.05) is 18.6 Å². The molecule has 0 unspecified atom stereocenters. The molecule has 0 aromatic heterocycles. The summed E-state index contributed by atoms with van der Waals surface area (Å²) in [5.74, 6) is 0. The monoisotopic (exact) mass is 353 g/mol. The van der Waals surface area contributed by atoms with Crippen molar-refractivity contribution in [1.29, 1.82) is 0 Å². The first-order valence-corrected chi connectivity index (χ1v) is 10.1. The molecule has 1 aromatic rings. The molecule has 1 aromatic carbocycles. The third-order valence-corrected chi connectivity index (χ3v) is 6.69. The Hall–Kier alpha value is -1.15. The smallest absolute Gasteiger partial charge is 0.282 e. The largest absolute Gasteiger partial charge is 0.378 e. The highest BCUT2D eigenvalue weighted by Gasteiger charge is 2.28. The van der Waals surface area contributed by atoms with E-state index in [-0.39, 0.29) is 0 Å². The molecule has 3 rings (SSSR count). The minimum absolute atomic E-state index is 0.405. The standard InChI is InChI=1S/C17H27N3O3S/c1-18(24(21,22)20-9-3-2-4-10-20)15-16-5-7-17(8-6-16)19-11-13-23-14-12-19/h5-8H,2-4,9-15H2,1H3. The lowest BCUT2D eigenvalue weighted by Crippen LogP contribution is -2.44. The maximum Gasteiger partial charge on any atom is 0.282 e. The molecule has 134 valence electrons. The number of benzene rings is 1. The van der Waals surface area contributed by atoms with Crippen molar-refractivity contribution in [2.24, 2.45) is 0 Å². The third-order valence-electron chi connectivity index (χ3n) is 4.75. The summed E-state index contributed by atoms with van der Waals surface area (Å²) in [6, 6.07) is 8.18. The van der Waals surface area contributed by atoms with Crippen LogP contribution in [0, 0.1) is 0 Å². The second-order valence-electron chi connectivity index (χ2n) is 6.49. The van der Waals surface area contributed by atoms with Crippen molar-refractivity contribution in [3.8, 4) is 0 Å². The maximum atomic E-state index is 12.6. The fourth-order valence-corrected chi connectivity index (χ4v) is 4.69.